The van der Waals surface area contributed by atoms with E-state index in [0.717, 1.165) is 10.8 Å². The molecule has 5 nitrogen and oxygen atoms in total. The highest BCUT2D eigenvalue weighted by Gasteiger charge is 2.12. The van der Waals surface area contributed by atoms with E-state index < -0.39 is 0 Å². The van der Waals surface area contributed by atoms with Crippen molar-refractivity contribution >= 4 is 22.5 Å². The summed E-state index contributed by atoms with van der Waals surface area (Å²) in [6.07, 6.45) is 0. The molecule has 1 unspecified atom stereocenters. The molecule has 1 amide bonds. The van der Waals surface area contributed by atoms with E-state index in [1.807, 2.05) is 36.4 Å². The molecule has 4 N–H and O–H groups in total. The zero-order valence-corrected chi connectivity index (χ0v) is 11.2. The number of nitrogens with two attached hydrogens (primary N) is 1. The lowest BCUT2D eigenvalue weighted by molar-refractivity contribution is 0.0952. The Bertz CT molecular complexity index is 647. The van der Waals surface area contributed by atoms with Gasteiger partial charge in [-0.2, -0.15) is 0 Å². The van der Waals surface area contributed by atoms with E-state index in [1.165, 1.54) is 0 Å². The van der Waals surface area contributed by atoms with Gasteiger partial charge in [-0.1, -0.05) is 48.5 Å². The molecule has 0 spiro atoms. The summed E-state index contributed by atoms with van der Waals surface area (Å²) in [4.78, 5) is 12.2. The van der Waals surface area contributed by atoms with E-state index in [2.05, 4.69) is 10.5 Å². The third kappa shape index (κ3) is 2.88. The molecule has 0 heterocycles. The number of benzene rings is 2. The Morgan fingerprint density at radius 3 is 2.75 bits per heavy atom. The lowest BCUT2D eigenvalue weighted by atomic mass is 10.0. The van der Waals surface area contributed by atoms with Crippen molar-refractivity contribution in [3.05, 3.63) is 48.0 Å². The van der Waals surface area contributed by atoms with Crippen LogP contribution in [0.4, 0.5) is 0 Å². The van der Waals surface area contributed by atoms with Gasteiger partial charge in [-0.05, 0) is 16.8 Å². The summed E-state index contributed by atoms with van der Waals surface area (Å²) in [7, 11) is 0. The minimum Gasteiger partial charge on any atom is -0.409 e. The monoisotopic (exact) mass is 271 g/mol. The van der Waals surface area contributed by atoms with Gasteiger partial charge < -0.3 is 16.3 Å². The second kappa shape index (κ2) is 6.06. The van der Waals surface area contributed by atoms with Crippen LogP contribution in [0.3, 0.4) is 0 Å². The molecule has 5 heteroatoms. The van der Waals surface area contributed by atoms with E-state index in [-0.39, 0.29) is 17.7 Å². The summed E-state index contributed by atoms with van der Waals surface area (Å²) in [5.41, 5.74) is 6.10. The van der Waals surface area contributed by atoms with Gasteiger partial charge in [0, 0.05) is 18.0 Å². The molecule has 0 bridgehead atoms. The fourth-order valence-electron chi connectivity index (χ4n) is 1.97. The van der Waals surface area contributed by atoms with Crippen molar-refractivity contribution in [1.29, 1.82) is 0 Å². The highest BCUT2D eigenvalue weighted by atomic mass is 16.4. The van der Waals surface area contributed by atoms with Gasteiger partial charge in [0.2, 0.25) is 0 Å². The van der Waals surface area contributed by atoms with Crippen molar-refractivity contribution in [3.8, 4) is 0 Å². The third-order valence-corrected chi connectivity index (χ3v) is 3.22. The van der Waals surface area contributed by atoms with Crippen LogP contribution in [0.2, 0.25) is 0 Å². The number of fused-ring (bicyclic) bond motifs is 1. The normalized spacial score (nSPS) is 13.2. The first-order valence-electron chi connectivity index (χ1n) is 6.37. The first kappa shape index (κ1) is 13.9. The van der Waals surface area contributed by atoms with Gasteiger partial charge >= 0.3 is 0 Å². The smallest absolute Gasteiger partial charge is 0.251 e. The highest BCUT2D eigenvalue weighted by Crippen LogP contribution is 2.18. The summed E-state index contributed by atoms with van der Waals surface area (Å²) < 4.78 is 0. The van der Waals surface area contributed by atoms with Crippen LogP contribution >= 0.6 is 0 Å². The molecule has 2 aromatic rings. The Labute approximate surface area is 117 Å². The maximum absolute atomic E-state index is 12.2. The molecule has 0 aromatic heterocycles. The summed E-state index contributed by atoms with van der Waals surface area (Å²) in [5.74, 6) is -0.290. The Kier molecular flexibility index (Phi) is 4.20. The number of carbonyl (C=O) groups is 1. The highest BCUT2D eigenvalue weighted by molar-refractivity contribution is 6.07. The van der Waals surface area contributed by atoms with Crippen LogP contribution in [0, 0.1) is 5.92 Å². The van der Waals surface area contributed by atoms with Gasteiger partial charge in [-0.15, -0.1) is 0 Å². The molecule has 2 rings (SSSR count). The van der Waals surface area contributed by atoms with Gasteiger partial charge in [-0.25, -0.2) is 0 Å². The molecule has 0 aliphatic rings. The molecule has 0 saturated carbocycles. The quantitative estimate of drug-likeness (QED) is 0.344. The zero-order chi connectivity index (χ0) is 14.5. The van der Waals surface area contributed by atoms with Crippen molar-refractivity contribution in [1.82, 2.24) is 5.32 Å². The number of amides is 1. The van der Waals surface area contributed by atoms with Gasteiger partial charge in [0.25, 0.3) is 5.91 Å². The first-order chi connectivity index (χ1) is 9.63. The number of hydrogen-bond donors (Lipinski definition) is 3. The Morgan fingerprint density at radius 1 is 1.30 bits per heavy atom. The molecular weight excluding hydrogens is 254 g/mol. The standard InChI is InChI=1S/C15H17N3O2/c1-10(14(16)18-20)9-17-15(19)13-8-4-6-11-5-2-3-7-12(11)13/h2-8,10,20H,9H2,1H3,(H2,16,18)(H,17,19). The number of hydrogen-bond acceptors (Lipinski definition) is 3. The van der Waals surface area contributed by atoms with Crippen LogP contribution in [-0.2, 0) is 0 Å². The Hall–Kier alpha value is -2.56. The topological polar surface area (TPSA) is 87.7 Å². The van der Waals surface area contributed by atoms with Crippen molar-refractivity contribution in [3.63, 3.8) is 0 Å². The van der Waals surface area contributed by atoms with E-state index in [4.69, 9.17) is 10.9 Å². The van der Waals surface area contributed by atoms with Gasteiger partial charge in [0.1, 0.15) is 5.84 Å². The summed E-state index contributed by atoms with van der Waals surface area (Å²) in [6.45, 7) is 2.09. The average Bonchev–Trinajstić information content (AvgIpc) is 2.50. The molecule has 0 radical (unpaired) electrons. The lowest BCUT2D eigenvalue weighted by Gasteiger charge is -2.12. The lowest BCUT2D eigenvalue weighted by Crippen LogP contribution is -2.34. The van der Waals surface area contributed by atoms with Crippen LogP contribution < -0.4 is 11.1 Å². The predicted octanol–water partition coefficient (Wildman–Crippen LogP) is 1.95. The summed E-state index contributed by atoms with van der Waals surface area (Å²) >= 11 is 0. The number of oxime groups is 1. The third-order valence-electron chi connectivity index (χ3n) is 3.22. The Balaban J connectivity index is 2.16. The average molecular weight is 271 g/mol. The SMILES string of the molecule is CC(CNC(=O)c1cccc2ccccc12)C(N)=NO. The summed E-state index contributed by atoms with van der Waals surface area (Å²) in [5, 5.41) is 16.2. The number of rotatable bonds is 4. The largest absolute Gasteiger partial charge is 0.409 e. The predicted molar refractivity (Wildman–Crippen MR) is 78.9 cm³/mol. The maximum Gasteiger partial charge on any atom is 0.251 e. The Morgan fingerprint density at radius 2 is 2.00 bits per heavy atom. The van der Waals surface area contributed by atoms with E-state index in [9.17, 15) is 4.79 Å². The molecule has 20 heavy (non-hydrogen) atoms. The number of nitrogens with zero attached hydrogens (tertiary/aromatic N) is 1. The molecule has 104 valence electrons. The van der Waals surface area contributed by atoms with Crippen molar-refractivity contribution in [2.45, 2.75) is 6.92 Å². The van der Waals surface area contributed by atoms with Crippen molar-refractivity contribution < 1.29 is 10.0 Å². The molecule has 1 atom stereocenters. The second-order valence-electron chi connectivity index (χ2n) is 4.66. The fourth-order valence-corrected chi connectivity index (χ4v) is 1.97. The molecular formula is C15H17N3O2. The van der Waals surface area contributed by atoms with Crippen molar-refractivity contribution in [2.24, 2.45) is 16.8 Å². The fraction of sp³-hybridized carbons (Fsp3) is 0.200. The van der Waals surface area contributed by atoms with Crippen molar-refractivity contribution in [2.75, 3.05) is 6.54 Å². The second-order valence-corrected chi connectivity index (χ2v) is 4.66. The minimum atomic E-state index is -0.223. The van der Waals surface area contributed by atoms with Crippen LogP contribution in [0.1, 0.15) is 17.3 Å². The molecule has 0 aliphatic heterocycles. The number of nitrogens with one attached hydrogen (secondary N) is 1. The first-order valence-corrected chi connectivity index (χ1v) is 6.37. The number of carbonyl (C=O) groups excluding carboxylic acids is 1. The van der Waals surface area contributed by atoms with E-state index >= 15 is 0 Å². The van der Waals surface area contributed by atoms with Crippen LogP contribution in [-0.4, -0.2) is 23.5 Å². The van der Waals surface area contributed by atoms with Gasteiger partial charge in [-0.3, -0.25) is 4.79 Å². The molecule has 2 aromatic carbocycles. The summed E-state index contributed by atoms with van der Waals surface area (Å²) in [6, 6.07) is 13.3. The van der Waals surface area contributed by atoms with Crippen LogP contribution in [0.5, 0.6) is 0 Å². The van der Waals surface area contributed by atoms with Crippen LogP contribution in [0.15, 0.2) is 47.6 Å². The molecule has 0 fully saturated rings. The van der Waals surface area contributed by atoms with Gasteiger partial charge in [0.15, 0.2) is 0 Å². The van der Waals surface area contributed by atoms with Gasteiger partial charge in [0.05, 0.1) is 0 Å². The molecule has 0 saturated heterocycles. The maximum atomic E-state index is 12.2. The van der Waals surface area contributed by atoms with E-state index in [1.54, 1.807) is 13.0 Å². The zero-order valence-electron chi connectivity index (χ0n) is 11.2. The number of amidine groups is 1. The van der Waals surface area contributed by atoms with E-state index in [0.29, 0.717) is 12.1 Å². The molecule has 0 aliphatic carbocycles. The minimum absolute atomic E-state index is 0.100. The van der Waals surface area contributed by atoms with Crippen LogP contribution in [0.25, 0.3) is 10.8 Å².